The predicted octanol–water partition coefficient (Wildman–Crippen LogP) is 5.04. The molecule has 0 aliphatic rings. The zero-order valence-electron chi connectivity index (χ0n) is 15.5. The van der Waals surface area contributed by atoms with Crippen LogP contribution in [0.4, 0.5) is 29.3 Å². The third kappa shape index (κ3) is 5.60. The molecular formula is C18H19BrF3N2O4P. The molecule has 4 N–H and O–H groups in total. The van der Waals surface area contributed by atoms with Gasteiger partial charge in [-0.2, -0.15) is 13.2 Å². The largest absolute Gasteiger partial charge is 0.416 e. The fourth-order valence-electron chi connectivity index (χ4n) is 2.83. The molecule has 0 unspecified atom stereocenters. The topological polar surface area (TPSA) is 98.7 Å². The van der Waals surface area contributed by atoms with Crippen LogP contribution in [0.1, 0.15) is 30.5 Å². The number of hydrogen-bond donors (Lipinski definition) is 4. The van der Waals surface area contributed by atoms with Crippen LogP contribution in [0.15, 0.2) is 34.8 Å². The molecule has 6 nitrogen and oxygen atoms in total. The minimum Gasteiger partial charge on any atom is -0.321 e. The Hall–Kier alpha value is -1.87. The summed E-state index contributed by atoms with van der Waals surface area (Å²) in [6.07, 6.45) is -3.75. The summed E-state index contributed by atoms with van der Waals surface area (Å²) in [7, 11) is -4.76. The van der Waals surface area contributed by atoms with Crippen LogP contribution in [0.5, 0.6) is 0 Å². The standard InChI is InChI=1S/C18H19BrF3N2O4P/c1-3-10-8-14(16(29(26,27)28)13(4-2)15(10)19)24-17(25)23-12-7-5-6-11(9-12)18(20,21)22/h5-9H,3-4H2,1-2H3,(H2,23,24,25)(H2,26,27,28). The van der Waals surface area contributed by atoms with E-state index in [9.17, 15) is 32.3 Å². The Labute approximate surface area is 173 Å². The summed E-state index contributed by atoms with van der Waals surface area (Å²) in [5.41, 5.74) is -0.0739. The average Bonchev–Trinajstić information content (AvgIpc) is 2.61. The molecule has 2 aromatic carbocycles. The van der Waals surface area contributed by atoms with Crippen LogP contribution in [0.3, 0.4) is 0 Å². The number of urea groups is 1. The number of rotatable bonds is 5. The van der Waals surface area contributed by atoms with Crippen molar-refractivity contribution in [1.29, 1.82) is 0 Å². The summed E-state index contributed by atoms with van der Waals surface area (Å²) in [5, 5.41) is 4.28. The Kier molecular flexibility index (Phi) is 7.16. The van der Waals surface area contributed by atoms with Crippen molar-refractivity contribution < 1.29 is 32.3 Å². The van der Waals surface area contributed by atoms with Crippen LogP contribution in [-0.2, 0) is 23.6 Å². The summed E-state index contributed by atoms with van der Waals surface area (Å²) in [5.74, 6) is 0. The van der Waals surface area contributed by atoms with Gasteiger partial charge in [0.1, 0.15) is 0 Å². The van der Waals surface area contributed by atoms with Gasteiger partial charge in [0.25, 0.3) is 0 Å². The highest BCUT2D eigenvalue weighted by Crippen LogP contribution is 2.41. The molecule has 11 heteroatoms. The molecule has 158 valence electrons. The summed E-state index contributed by atoms with van der Waals surface area (Å²) in [4.78, 5) is 31.9. The van der Waals surface area contributed by atoms with E-state index < -0.39 is 25.4 Å². The quantitative estimate of drug-likeness (QED) is 0.437. The number of carbonyl (C=O) groups is 1. The number of nitrogens with one attached hydrogen (secondary N) is 2. The first-order valence-corrected chi connectivity index (χ1v) is 10.9. The zero-order chi connectivity index (χ0) is 22.0. The maximum absolute atomic E-state index is 12.8. The second-order valence-corrected chi connectivity index (χ2v) is 8.46. The number of benzene rings is 2. The van der Waals surface area contributed by atoms with Gasteiger partial charge in [0.15, 0.2) is 0 Å². The van der Waals surface area contributed by atoms with Gasteiger partial charge in [-0.15, -0.1) is 0 Å². The van der Waals surface area contributed by atoms with Crippen molar-refractivity contribution in [2.75, 3.05) is 10.6 Å². The number of alkyl halides is 3. The molecule has 29 heavy (non-hydrogen) atoms. The molecule has 0 radical (unpaired) electrons. The lowest BCUT2D eigenvalue weighted by molar-refractivity contribution is -0.137. The molecule has 0 saturated heterocycles. The van der Waals surface area contributed by atoms with Gasteiger partial charge in [0.05, 0.1) is 16.6 Å². The Morgan fingerprint density at radius 3 is 2.31 bits per heavy atom. The lowest BCUT2D eigenvalue weighted by atomic mass is 10.1. The van der Waals surface area contributed by atoms with E-state index in [4.69, 9.17) is 0 Å². The van der Waals surface area contributed by atoms with Crippen molar-refractivity contribution in [3.63, 3.8) is 0 Å². The maximum Gasteiger partial charge on any atom is 0.416 e. The van der Waals surface area contributed by atoms with E-state index in [1.807, 2.05) is 6.92 Å². The van der Waals surface area contributed by atoms with Crippen molar-refractivity contribution >= 4 is 46.2 Å². The molecule has 0 heterocycles. The van der Waals surface area contributed by atoms with Gasteiger partial charge in [0.2, 0.25) is 0 Å². The fourth-order valence-corrected chi connectivity index (χ4v) is 4.91. The van der Waals surface area contributed by atoms with E-state index in [1.54, 1.807) is 6.92 Å². The molecule has 0 spiro atoms. The monoisotopic (exact) mass is 494 g/mol. The number of amides is 2. The molecule has 2 rings (SSSR count). The highest BCUT2D eigenvalue weighted by atomic mass is 79.9. The van der Waals surface area contributed by atoms with E-state index >= 15 is 0 Å². The first-order valence-electron chi connectivity index (χ1n) is 8.54. The van der Waals surface area contributed by atoms with Crippen molar-refractivity contribution in [3.05, 3.63) is 51.5 Å². The summed E-state index contributed by atoms with van der Waals surface area (Å²) >= 11 is 3.35. The van der Waals surface area contributed by atoms with Gasteiger partial charge in [-0.05, 0) is 48.2 Å². The Balaban J connectivity index is 2.41. The van der Waals surface area contributed by atoms with Crippen molar-refractivity contribution in [3.8, 4) is 0 Å². The third-order valence-corrected chi connectivity index (χ3v) is 6.21. The highest BCUT2D eigenvalue weighted by Gasteiger charge is 2.31. The van der Waals surface area contributed by atoms with Crippen molar-refractivity contribution in [2.45, 2.75) is 32.9 Å². The van der Waals surface area contributed by atoms with Crippen molar-refractivity contribution in [2.24, 2.45) is 0 Å². The normalized spacial score (nSPS) is 12.0. The second-order valence-electron chi connectivity index (χ2n) is 6.13. The van der Waals surface area contributed by atoms with Crippen LogP contribution in [0.2, 0.25) is 0 Å². The lowest BCUT2D eigenvalue weighted by Crippen LogP contribution is -2.26. The number of carbonyl (C=O) groups excluding carboxylic acids is 1. The minimum atomic E-state index is -4.76. The molecule has 2 amide bonds. The summed E-state index contributed by atoms with van der Waals surface area (Å²) in [6.45, 7) is 3.55. The first-order chi connectivity index (χ1) is 13.4. The van der Waals surface area contributed by atoms with Crippen LogP contribution in [0.25, 0.3) is 0 Å². The zero-order valence-corrected chi connectivity index (χ0v) is 18.0. The summed E-state index contributed by atoms with van der Waals surface area (Å²) in [6, 6.07) is 4.55. The lowest BCUT2D eigenvalue weighted by Gasteiger charge is -2.20. The molecule has 0 fully saturated rings. The van der Waals surface area contributed by atoms with Crippen LogP contribution < -0.4 is 15.9 Å². The molecule has 0 atom stereocenters. The van der Waals surface area contributed by atoms with E-state index in [0.29, 0.717) is 28.4 Å². The van der Waals surface area contributed by atoms with Gasteiger partial charge in [0, 0.05) is 10.2 Å². The SMILES string of the molecule is CCc1cc(NC(=O)Nc2cccc(C(F)(F)F)c2)c(P(=O)(O)O)c(CC)c1Br. The predicted molar refractivity (Wildman–Crippen MR) is 109 cm³/mol. The van der Waals surface area contributed by atoms with Gasteiger partial charge in [-0.1, -0.05) is 35.8 Å². The molecule has 0 bridgehead atoms. The van der Waals surface area contributed by atoms with Crippen molar-refractivity contribution in [1.82, 2.24) is 0 Å². The van der Waals surface area contributed by atoms with Crippen LogP contribution in [-0.4, -0.2) is 15.8 Å². The molecule has 2 aromatic rings. The molecule has 0 saturated carbocycles. The Morgan fingerprint density at radius 2 is 1.79 bits per heavy atom. The van der Waals surface area contributed by atoms with Gasteiger partial charge in [-0.3, -0.25) is 4.57 Å². The van der Waals surface area contributed by atoms with E-state index in [1.165, 1.54) is 12.1 Å². The minimum absolute atomic E-state index is 0.0975. The third-order valence-electron chi connectivity index (χ3n) is 4.13. The highest BCUT2D eigenvalue weighted by molar-refractivity contribution is 9.10. The number of hydrogen-bond acceptors (Lipinski definition) is 2. The van der Waals surface area contributed by atoms with Gasteiger partial charge in [-0.25, -0.2) is 4.79 Å². The Morgan fingerprint density at radius 1 is 1.14 bits per heavy atom. The molecule has 0 aliphatic carbocycles. The first kappa shape index (κ1) is 23.4. The van der Waals surface area contributed by atoms with E-state index in [2.05, 4.69) is 26.6 Å². The Bertz CT molecular complexity index is 976. The summed E-state index contributed by atoms with van der Waals surface area (Å²) < 4.78 is 51.1. The number of halogens is 4. The van der Waals surface area contributed by atoms with Gasteiger partial charge >= 0.3 is 19.8 Å². The fraction of sp³-hybridized carbons (Fsp3) is 0.278. The average molecular weight is 495 g/mol. The number of aryl methyl sites for hydroxylation is 1. The second kappa shape index (κ2) is 8.87. The smallest absolute Gasteiger partial charge is 0.321 e. The molecular weight excluding hydrogens is 476 g/mol. The number of anilines is 2. The van der Waals surface area contributed by atoms with E-state index in [-0.39, 0.29) is 16.7 Å². The van der Waals surface area contributed by atoms with E-state index in [0.717, 1.165) is 18.2 Å². The maximum atomic E-state index is 12.8. The van der Waals surface area contributed by atoms with Crippen LogP contribution >= 0.6 is 23.5 Å². The molecule has 0 aromatic heterocycles. The molecule has 0 aliphatic heterocycles. The van der Waals surface area contributed by atoms with Gasteiger partial charge < -0.3 is 20.4 Å². The van der Waals surface area contributed by atoms with Crippen LogP contribution in [0, 0.1) is 0 Å².